The Morgan fingerprint density at radius 3 is 2.30 bits per heavy atom. The summed E-state index contributed by atoms with van der Waals surface area (Å²) in [5.41, 5.74) is 0.191. The first-order chi connectivity index (χ1) is 9.22. The van der Waals surface area contributed by atoms with Crippen molar-refractivity contribution < 1.29 is 19.4 Å². The molecular weight excluding hydrogens is 256 g/mol. The highest BCUT2D eigenvalue weighted by Crippen LogP contribution is 2.34. The third kappa shape index (κ3) is 9.98. The van der Waals surface area contributed by atoms with Gasteiger partial charge in [0.05, 0.1) is 6.61 Å². The minimum absolute atomic E-state index is 0.0302. The lowest BCUT2D eigenvalue weighted by Gasteiger charge is -2.30. The average molecular weight is 286 g/mol. The van der Waals surface area contributed by atoms with Gasteiger partial charge in [-0.3, -0.25) is 0 Å². The van der Waals surface area contributed by atoms with Gasteiger partial charge in [-0.25, -0.2) is 4.79 Å². The average Bonchev–Trinajstić information content (AvgIpc) is 2.39. The highest BCUT2D eigenvalue weighted by atomic mass is 16.6. The maximum absolute atomic E-state index is 11.1. The van der Waals surface area contributed by atoms with Crippen molar-refractivity contribution in [2.24, 2.45) is 10.8 Å². The van der Waals surface area contributed by atoms with Crippen molar-refractivity contribution in [1.82, 2.24) is 0 Å². The number of carbonyl (C=O) groups is 1. The number of hydrogen-bond donors (Lipinski definition) is 1. The van der Waals surface area contributed by atoms with Gasteiger partial charge in [-0.15, -0.1) is 0 Å². The van der Waals surface area contributed by atoms with Crippen molar-refractivity contribution in [1.29, 1.82) is 0 Å². The van der Waals surface area contributed by atoms with Crippen LogP contribution in [0.3, 0.4) is 0 Å². The van der Waals surface area contributed by atoms with Crippen LogP contribution in [0.5, 0.6) is 0 Å². The minimum Gasteiger partial charge on any atom is -0.462 e. The van der Waals surface area contributed by atoms with Crippen LogP contribution in [0.15, 0.2) is 12.7 Å². The summed E-state index contributed by atoms with van der Waals surface area (Å²) >= 11 is 0. The molecule has 0 saturated carbocycles. The van der Waals surface area contributed by atoms with E-state index in [4.69, 9.17) is 14.6 Å². The lowest BCUT2D eigenvalue weighted by Crippen LogP contribution is -2.24. The van der Waals surface area contributed by atoms with Gasteiger partial charge in [-0.1, -0.05) is 34.3 Å². The number of rotatable bonds is 11. The fourth-order valence-electron chi connectivity index (χ4n) is 1.92. The van der Waals surface area contributed by atoms with E-state index in [0.29, 0.717) is 13.2 Å². The predicted molar refractivity (Wildman–Crippen MR) is 80.2 cm³/mol. The van der Waals surface area contributed by atoms with Crippen LogP contribution in [0.2, 0.25) is 0 Å². The highest BCUT2D eigenvalue weighted by molar-refractivity contribution is 5.81. The number of aliphatic hydroxyl groups is 1. The van der Waals surface area contributed by atoms with E-state index in [-0.39, 0.29) is 23.6 Å². The highest BCUT2D eigenvalue weighted by Gasteiger charge is 2.25. The molecule has 0 amide bonds. The van der Waals surface area contributed by atoms with Gasteiger partial charge in [0.1, 0.15) is 6.79 Å². The molecule has 0 aliphatic rings. The lowest BCUT2D eigenvalue weighted by atomic mass is 9.77. The second-order valence-corrected chi connectivity index (χ2v) is 6.78. The standard InChI is InChI=1S/C16H30O4/c1-6-14(18)20-12-16(4,5)10-9-15(2,3)8-7-11-19-13-17/h6,17H,1,7-13H2,2-5H3. The Balaban J connectivity index is 4.02. The van der Waals surface area contributed by atoms with Crippen LogP contribution in [-0.4, -0.2) is 31.1 Å². The molecule has 0 heterocycles. The van der Waals surface area contributed by atoms with Crippen LogP contribution in [0, 0.1) is 10.8 Å². The first-order valence-electron chi connectivity index (χ1n) is 7.20. The van der Waals surface area contributed by atoms with Crippen molar-refractivity contribution in [3.05, 3.63) is 12.7 Å². The fraction of sp³-hybridized carbons (Fsp3) is 0.812. The van der Waals surface area contributed by atoms with Gasteiger partial charge in [-0.2, -0.15) is 0 Å². The lowest BCUT2D eigenvalue weighted by molar-refractivity contribution is -0.140. The maximum atomic E-state index is 11.1. The van der Waals surface area contributed by atoms with E-state index in [2.05, 4.69) is 34.3 Å². The van der Waals surface area contributed by atoms with E-state index in [1.165, 1.54) is 6.08 Å². The van der Waals surface area contributed by atoms with Crippen LogP contribution >= 0.6 is 0 Å². The molecule has 0 aromatic heterocycles. The van der Waals surface area contributed by atoms with E-state index in [0.717, 1.165) is 25.7 Å². The fourth-order valence-corrected chi connectivity index (χ4v) is 1.92. The number of esters is 1. The Kier molecular flexibility index (Phi) is 8.74. The van der Waals surface area contributed by atoms with Crippen LogP contribution < -0.4 is 0 Å². The smallest absolute Gasteiger partial charge is 0.330 e. The Labute approximate surface area is 123 Å². The summed E-state index contributed by atoms with van der Waals surface area (Å²) in [5, 5.41) is 8.56. The molecular formula is C16H30O4. The third-order valence-corrected chi connectivity index (χ3v) is 3.48. The van der Waals surface area contributed by atoms with Crippen molar-refractivity contribution in [2.45, 2.75) is 53.4 Å². The zero-order valence-corrected chi connectivity index (χ0v) is 13.4. The summed E-state index contributed by atoms with van der Waals surface area (Å²) in [6, 6.07) is 0. The van der Waals surface area contributed by atoms with Gasteiger partial charge < -0.3 is 14.6 Å². The zero-order chi connectivity index (χ0) is 15.6. The number of ether oxygens (including phenoxy) is 2. The Morgan fingerprint density at radius 2 is 1.75 bits per heavy atom. The van der Waals surface area contributed by atoms with Crippen molar-refractivity contribution >= 4 is 5.97 Å². The normalized spacial score (nSPS) is 12.2. The molecule has 0 bridgehead atoms. The summed E-state index contributed by atoms with van der Waals surface area (Å²) in [6.07, 6.45) is 5.24. The molecule has 0 fully saturated rings. The molecule has 0 unspecified atom stereocenters. The van der Waals surface area contributed by atoms with E-state index in [9.17, 15) is 4.79 Å². The summed E-state index contributed by atoms with van der Waals surface area (Å²) < 4.78 is 10.1. The minimum atomic E-state index is -0.363. The molecule has 0 spiro atoms. The first-order valence-corrected chi connectivity index (χ1v) is 7.20. The van der Waals surface area contributed by atoms with Crippen molar-refractivity contribution in [3.63, 3.8) is 0 Å². The van der Waals surface area contributed by atoms with Gasteiger partial charge in [0, 0.05) is 12.7 Å². The van der Waals surface area contributed by atoms with Crippen LogP contribution in [0.4, 0.5) is 0 Å². The van der Waals surface area contributed by atoms with E-state index in [1.807, 2.05) is 0 Å². The second-order valence-electron chi connectivity index (χ2n) is 6.78. The Bertz CT molecular complexity index is 295. The van der Waals surface area contributed by atoms with Crippen LogP contribution in [0.25, 0.3) is 0 Å². The van der Waals surface area contributed by atoms with Crippen LogP contribution in [-0.2, 0) is 14.3 Å². The molecule has 0 radical (unpaired) electrons. The summed E-state index contributed by atoms with van der Waals surface area (Å²) in [4.78, 5) is 11.1. The molecule has 4 nitrogen and oxygen atoms in total. The first kappa shape index (κ1) is 19.1. The molecule has 1 N–H and O–H groups in total. The number of hydrogen-bond acceptors (Lipinski definition) is 4. The molecule has 0 atom stereocenters. The zero-order valence-electron chi connectivity index (χ0n) is 13.4. The molecule has 4 heteroatoms. The Hall–Kier alpha value is -0.870. The Morgan fingerprint density at radius 1 is 1.15 bits per heavy atom. The SMILES string of the molecule is C=CC(=O)OCC(C)(C)CCC(C)(C)CCCOCO. The quantitative estimate of drug-likeness (QED) is 0.274. The topological polar surface area (TPSA) is 55.8 Å². The largest absolute Gasteiger partial charge is 0.462 e. The summed E-state index contributed by atoms with van der Waals surface area (Å²) in [5.74, 6) is -0.363. The summed E-state index contributed by atoms with van der Waals surface area (Å²) in [6.45, 7) is 12.9. The monoisotopic (exact) mass is 286 g/mol. The van der Waals surface area contributed by atoms with Gasteiger partial charge in [-0.05, 0) is 36.5 Å². The van der Waals surface area contributed by atoms with Gasteiger partial charge in [0.15, 0.2) is 0 Å². The molecule has 0 saturated heterocycles. The predicted octanol–water partition coefficient (Wildman–Crippen LogP) is 3.29. The maximum Gasteiger partial charge on any atom is 0.330 e. The van der Waals surface area contributed by atoms with Crippen molar-refractivity contribution in [3.8, 4) is 0 Å². The van der Waals surface area contributed by atoms with Gasteiger partial charge in [0.2, 0.25) is 0 Å². The van der Waals surface area contributed by atoms with Gasteiger partial charge >= 0.3 is 5.97 Å². The second kappa shape index (κ2) is 9.14. The van der Waals surface area contributed by atoms with E-state index in [1.54, 1.807) is 0 Å². The van der Waals surface area contributed by atoms with E-state index >= 15 is 0 Å². The van der Waals surface area contributed by atoms with Crippen LogP contribution in [0.1, 0.15) is 53.4 Å². The number of carbonyl (C=O) groups excluding carboxylic acids is 1. The molecule has 0 aliphatic carbocycles. The van der Waals surface area contributed by atoms with Crippen molar-refractivity contribution in [2.75, 3.05) is 20.0 Å². The molecule has 20 heavy (non-hydrogen) atoms. The molecule has 0 aliphatic heterocycles. The molecule has 0 aromatic carbocycles. The van der Waals surface area contributed by atoms with E-state index < -0.39 is 0 Å². The molecule has 0 aromatic rings. The molecule has 118 valence electrons. The molecule has 0 rings (SSSR count). The summed E-state index contributed by atoms with van der Waals surface area (Å²) in [7, 11) is 0. The number of aliphatic hydroxyl groups excluding tert-OH is 1. The third-order valence-electron chi connectivity index (χ3n) is 3.48. The van der Waals surface area contributed by atoms with Gasteiger partial charge in [0.25, 0.3) is 0 Å².